The van der Waals surface area contributed by atoms with Gasteiger partial charge in [0.15, 0.2) is 23.5 Å². The molecule has 0 saturated carbocycles. The van der Waals surface area contributed by atoms with Crippen LogP contribution in [0.4, 0.5) is 0 Å². The Bertz CT molecular complexity index is 809. The van der Waals surface area contributed by atoms with Crippen LogP contribution >= 0.6 is 0 Å². The maximum absolute atomic E-state index is 12.4. The topological polar surface area (TPSA) is 71.1 Å². The minimum atomic E-state index is -0.615. The standard InChI is InChI=1S/C18H16O6/c1-10(2)22-14-7-5-12-17(13(14)9-19)23-15-6-4-11(21-3)8-16(15)24-18(12)20/h4-10H,1-3H3. The molecule has 0 radical (unpaired) electrons. The van der Waals surface area contributed by atoms with Crippen LogP contribution in [0, 0.1) is 0 Å². The molecular weight excluding hydrogens is 312 g/mol. The minimum Gasteiger partial charge on any atom is -0.497 e. The predicted molar refractivity (Wildman–Crippen MR) is 85.6 cm³/mol. The van der Waals surface area contributed by atoms with Crippen LogP contribution in [0.25, 0.3) is 0 Å². The third kappa shape index (κ3) is 2.78. The molecule has 0 unspecified atom stereocenters. The van der Waals surface area contributed by atoms with Crippen molar-refractivity contribution in [3.63, 3.8) is 0 Å². The van der Waals surface area contributed by atoms with Crippen molar-refractivity contribution >= 4 is 12.3 Å². The quantitative estimate of drug-likeness (QED) is 0.485. The van der Waals surface area contributed by atoms with Gasteiger partial charge in [0.2, 0.25) is 0 Å². The van der Waals surface area contributed by atoms with E-state index in [1.807, 2.05) is 13.8 Å². The first-order valence-corrected chi connectivity index (χ1v) is 7.40. The van der Waals surface area contributed by atoms with Crippen molar-refractivity contribution in [3.8, 4) is 28.7 Å². The zero-order valence-corrected chi connectivity index (χ0v) is 13.5. The molecule has 24 heavy (non-hydrogen) atoms. The zero-order chi connectivity index (χ0) is 17.3. The summed E-state index contributed by atoms with van der Waals surface area (Å²) in [6.45, 7) is 3.69. The molecule has 2 aromatic rings. The number of hydrogen-bond donors (Lipinski definition) is 0. The number of carbonyl (C=O) groups excluding carboxylic acids is 2. The first-order valence-electron chi connectivity index (χ1n) is 7.40. The van der Waals surface area contributed by atoms with Gasteiger partial charge in [-0.3, -0.25) is 4.79 Å². The van der Waals surface area contributed by atoms with Crippen molar-refractivity contribution in [2.75, 3.05) is 7.11 Å². The van der Waals surface area contributed by atoms with Gasteiger partial charge in [0.1, 0.15) is 17.1 Å². The highest BCUT2D eigenvalue weighted by Crippen LogP contribution is 2.42. The van der Waals surface area contributed by atoms with E-state index in [2.05, 4.69) is 0 Å². The van der Waals surface area contributed by atoms with E-state index in [1.165, 1.54) is 13.2 Å². The number of hydrogen-bond acceptors (Lipinski definition) is 6. The van der Waals surface area contributed by atoms with Gasteiger partial charge in [-0.1, -0.05) is 0 Å². The van der Waals surface area contributed by atoms with Crippen molar-refractivity contribution in [2.45, 2.75) is 20.0 Å². The van der Waals surface area contributed by atoms with Gasteiger partial charge in [0.25, 0.3) is 0 Å². The first-order chi connectivity index (χ1) is 11.5. The number of rotatable bonds is 4. The maximum Gasteiger partial charge on any atom is 0.347 e. The molecule has 0 spiro atoms. The molecule has 0 atom stereocenters. The van der Waals surface area contributed by atoms with Crippen molar-refractivity contribution in [1.29, 1.82) is 0 Å². The summed E-state index contributed by atoms with van der Waals surface area (Å²) in [4.78, 5) is 23.9. The van der Waals surface area contributed by atoms with Crippen LogP contribution in [-0.2, 0) is 0 Å². The van der Waals surface area contributed by atoms with Gasteiger partial charge in [-0.2, -0.15) is 0 Å². The Morgan fingerprint density at radius 3 is 2.54 bits per heavy atom. The van der Waals surface area contributed by atoms with Crippen LogP contribution in [-0.4, -0.2) is 25.5 Å². The molecule has 0 saturated heterocycles. The summed E-state index contributed by atoms with van der Waals surface area (Å²) in [5.41, 5.74) is 0.324. The van der Waals surface area contributed by atoms with E-state index < -0.39 is 5.97 Å². The molecule has 1 heterocycles. The lowest BCUT2D eigenvalue weighted by molar-refractivity contribution is 0.0737. The molecule has 0 N–H and O–H groups in total. The summed E-state index contributed by atoms with van der Waals surface area (Å²) < 4.78 is 21.9. The molecule has 3 rings (SSSR count). The van der Waals surface area contributed by atoms with Crippen LogP contribution in [0.1, 0.15) is 34.6 Å². The normalized spacial score (nSPS) is 12.4. The van der Waals surface area contributed by atoms with Gasteiger partial charge >= 0.3 is 5.97 Å². The SMILES string of the molecule is COc1ccc2c(c1)OC(=O)c1ccc(OC(C)C)c(C=O)c1O2. The predicted octanol–water partition coefficient (Wildman–Crippen LogP) is 3.62. The van der Waals surface area contributed by atoms with E-state index >= 15 is 0 Å². The average molecular weight is 328 g/mol. The van der Waals surface area contributed by atoms with Crippen LogP contribution in [0.3, 0.4) is 0 Å². The number of carbonyl (C=O) groups is 2. The number of esters is 1. The van der Waals surface area contributed by atoms with Gasteiger partial charge in [-0.05, 0) is 38.1 Å². The van der Waals surface area contributed by atoms with Crippen molar-refractivity contribution in [2.24, 2.45) is 0 Å². The van der Waals surface area contributed by atoms with E-state index in [0.717, 1.165) is 0 Å². The maximum atomic E-state index is 12.4. The fourth-order valence-electron chi connectivity index (χ4n) is 2.36. The van der Waals surface area contributed by atoms with Crippen LogP contribution < -0.4 is 18.9 Å². The molecule has 0 aromatic heterocycles. The van der Waals surface area contributed by atoms with Gasteiger partial charge < -0.3 is 18.9 Å². The highest BCUT2D eigenvalue weighted by Gasteiger charge is 2.28. The van der Waals surface area contributed by atoms with Crippen molar-refractivity contribution < 1.29 is 28.5 Å². The molecule has 0 aliphatic carbocycles. The van der Waals surface area contributed by atoms with E-state index in [4.69, 9.17) is 18.9 Å². The molecule has 6 nitrogen and oxygen atoms in total. The van der Waals surface area contributed by atoms with E-state index in [9.17, 15) is 9.59 Å². The molecule has 0 bridgehead atoms. The highest BCUT2D eigenvalue weighted by atomic mass is 16.6. The van der Waals surface area contributed by atoms with Gasteiger partial charge in [0, 0.05) is 6.07 Å². The number of aldehydes is 1. The molecule has 0 amide bonds. The lowest BCUT2D eigenvalue weighted by atomic mass is 10.1. The molecule has 1 aliphatic rings. The average Bonchev–Trinajstić information content (AvgIpc) is 2.69. The summed E-state index contributed by atoms with van der Waals surface area (Å²) in [6.07, 6.45) is 0.481. The molecule has 6 heteroatoms. The van der Waals surface area contributed by atoms with E-state index in [1.54, 1.807) is 24.3 Å². The second kappa shape index (κ2) is 6.23. The highest BCUT2D eigenvalue weighted by molar-refractivity contribution is 6.00. The third-order valence-corrected chi connectivity index (χ3v) is 3.42. The largest absolute Gasteiger partial charge is 0.497 e. The summed E-state index contributed by atoms with van der Waals surface area (Å²) in [6, 6.07) is 7.91. The lowest BCUT2D eigenvalue weighted by Gasteiger charge is -2.15. The molecule has 124 valence electrons. The lowest BCUT2D eigenvalue weighted by Crippen LogP contribution is -2.11. The van der Waals surface area contributed by atoms with Crippen LogP contribution in [0.2, 0.25) is 0 Å². The van der Waals surface area contributed by atoms with E-state index in [0.29, 0.717) is 23.5 Å². The Balaban J connectivity index is 2.14. The summed E-state index contributed by atoms with van der Waals surface area (Å²) in [7, 11) is 1.51. The molecule has 0 fully saturated rings. The summed E-state index contributed by atoms with van der Waals surface area (Å²) in [5.74, 6) is 0.916. The van der Waals surface area contributed by atoms with Gasteiger partial charge in [-0.25, -0.2) is 4.79 Å². The third-order valence-electron chi connectivity index (χ3n) is 3.42. The van der Waals surface area contributed by atoms with Gasteiger partial charge in [-0.15, -0.1) is 0 Å². The second-order valence-corrected chi connectivity index (χ2v) is 5.44. The second-order valence-electron chi connectivity index (χ2n) is 5.44. The summed E-state index contributed by atoms with van der Waals surface area (Å²) >= 11 is 0. The fraction of sp³-hybridized carbons (Fsp3) is 0.222. The zero-order valence-electron chi connectivity index (χ0n) is 13.5. The van der Waals surface area contributed by atoms with Crippen LogP contribution in [0.15, 0.2) is 30.3 Å². The Hall–Kier alpha value is -3.02. The van der Waals surface area contributed by atoms with Crippen molar-refractivity contribution in [3.05, 3.63) is 41.5 Å². The molecule has 2 aromatic carbocycles. The monoisotopic (exact) mass is 328 g/mol. The molecule has 1 aliphatic heterocycles. The summed E-state index contributed by atoms with van der Waals surface area (Å²) in [5, 5.41) is 0. The van der Waals surface area contributed by atoms with Gasteiger partial charge in [0.05, 0.1) is 18.8 Å². The Labute approximate surface area is 138 Å². The number of methoxy groups -OCH3 is 1. The minimum absolute atomic E-state index is 0.122. The van der Waals surface area contributed by atoms with Crippen LogP contribution in [0.5, 0.6) is 28.7 Å². The first kappa shape index (κ1) is 15.9. The van der Waals surface area contributed by atoms with Crippen molar-refractivity contribution in [1.82, 2.24) is 0 Å². The Morgan fingerprint density at radius 2 is 1.88 bits per heavy atom. The smallest absolute Gasteiger partial charge is 0.347 e. The number of ether oxygens (including phenoxy) is 4. The fourth-order valence-corrected chi connectivity index (χ4v) is 2.36. The number of fused-ring (bicyclic) bond motifs is 2. The Morgan fingerprint density at radius 1 is 1.08 bits per heavy atom. The molecular formula is C18H16O6. The Kier molecular flexibility index (Phi) is 4.12. The number of benzene rings is 2. The van der Waals surface area contributed by atoms with E-state index in [-0.39, 0.29) is 28.7 Å².